The van der Waals surface area contributed by atoms with Gasteiger partial charge in [0.25, 0.3) is 5.91 Å². The van der Waals surface area contributed by atoms with Crippen molar-refractivity contribution in [2.45, 2.75) is 40.2 Å². The number of carbonyl (C=O) groups is 1. The first-order chi connectivity index (χ1) is 11.5. The van der Waals surface area contributed by atoms with Gasteiger partial charge in [-0.1, -0.05) is 25.1 Å². The Balaban J connectivity index is 2.47. The first kappa shape index (κ1) is 17.7. The van der Waals surface area contributed by atoms with Gasteiger partial charge >= 0.3 is 0 Å². The fourth-order valence-electron chi connectivity index (χ4n) is 2.55. The predicted octanol–water partition coefficient (Wildman–Crippen LogP) is 2.96. The number of hydrogen-bond donors (Lipinski definition) is 2. The highest BCUT2D eigenvalue weighted by atomic mass is 16.5. The standard InChI is InChI=1S/C18H24N4O2/c1-5-13(24-14-10-8-7-9-11(14)3)16-15(17(23)20-6-2)12(4)21-18(19)22-16/h7-10,13H,5-6H2,1-4H3,(H,20,23)(H2,19,21,22). The second-order valence-electron chi connectivity index (χ2n) is 5.57. The van der Waals surface area contributed by atoms with Crippen molar-refractivity contribution in [2.24, 2.45) is 0 Å². The summed E-state index contributed by atoms with van der Waals surface area (Å²) in [5.74, 6) is 0.695. The molecule has 0 aliphatic heterocycles. The molecule has 0 aliphatic carbocycles. The molecular weight excluding hydrogens is 304 g/mol. The van der Waals surface area contributed by atoms with E-state index in [1.54, 1.807) is 6.92 Å². The smallest absolute Gasteiger partial charge is 0.255 e. The zero-order valence-electron chi connectivity index (χ0n) is 14.6. The highest BCUT2D eigenvalue weighted by Crippen LogP contribution is 2.29. The molecule has 2 aromatic rings. The monoisotopic (exact) mass is 328 g/mol. The van der Waals surface area contributed by atoms with Crippen LogP contribution in [0.5, 0.6) is 5.75 Å². The third kappa shape index (κ3) is 3.82. The number of benzene rings is 1. The average molecular weight is 328 g/mol. The zero-order valence-corrected chi connectivity index (χ0v) is 14.6. The first-order valence-electron chi connectivity index (χ1n) is 8.12. The summed E-state index contributed by atoms with van der Waals surface area (Å²) in [7, 11) is 0. The molecule has 1 unspecified atom stereocenters. The lowest BCUT2D eigenvalue weighted by molar-refractivity contribution is 0.0947. The van der Waals surface area contributed by atoms with Gasteiger partial charge in [0.15, 0.2) is 0 Å². The summed E-state index contributed by atoms with van der Waals surface area (Å²) in [6, 6.07) is 7.75. The van der Waals surface area contributed by atoms with E-state index in [4.69, 9.17) is 10.5 Å². The maximum atomic E-state index is 12.4. The number of nitrogen functional groups attached to an aromatic ring is 1. The number of rotatable bonds is 6. The summed E-state index contributed by atoms with van der Waals surface area (Å²) < 4.78 is 6.13. The number of nitrogens with two attached hydrogens (primary N) is 1. The van der Waals surface area contributed by atoms with Crippen molar-refractivity contribution >= 4 is 11.9 Å². The van der Waals surface area contributed by atoms with Crippen molar-refractivity contribution < 1.29 is 9.53 Å². The minimum atomic E-state index is -0.382. The maximum absolute atomic E-state index is 12.4. The number of hydrogen-bond acceptors (Lipinski definition) is 5. The molecule has 6 heteroatoms. The van der Waals surface area contributed by atoms with Crippen LogP contribution in [0.25, 0.3) is 0 Å². The van der Waals surface area contributed by atoms with Gasteiger partial charge in [-0.2, -0.15) is 0 Å². The number of aromatic nitrogens is 2. The van der Waals surface area contributed by atoms with E-state index in [-0.39, 0.29) is 18.0 Å². The quantitative estimate of drug-likeness (QED) is 0.851. The SMILES string of the molecule is CCNC(=O)c1c(C)nc(N)nc1C(CC)Oc1ccccc1C. The minimum Gasteiger partial charge on any atom is -0.484 e. The molecule has 2 rings (SSSR count). The number of nitrogens with zero attached hydrogens (tertiary/aromatic N) is 2. The molecule has 6 nitrogen and oxygen atoms in total. The molecule has 0 saturated heterocycles. The van der Waals surface area contributed by atoms with E-state index in [1.165, 1.54) is 0 Å². The second-order valence-corrected chi connectivity index (χ2v) is 5.57. The van der Waals surface area contributed by atoms with E-state index in [2.05, 4.69) is 15.3 Å². The van der Waals surface area contributed by atoms with Crippen molar-refractivity contribution in [3.8, 4) is 5.75 Å². The molecule has 0 spiro atoms. The molecule has 0 bridgehead atoms. The van der Waals surface area contributed by atoms with Crippen LogP contribution in [0.2, 0.25) is 0 Å². The molecule has 0 radical (unpaired) electrons. The Hall–Kier alpha value is -2.63. The number of para-hydroxylation sites is 1. The number of amides is 1. The lowest BCUT2D eigenvalue weighted by Crippen LogP contribution is -2.28. The molecule has 0 aliphatic rings. The third-order valence-electron chi connectivity index (χ3n) is 3.74. The molecule has 1 atom stereocenters. The van der Waals surface area contributed by atoms with Crippen LogP contribution < -0.4 is 15.8 Å². The Bertz CT molecular complexity index is 731. The van der Waals surface area contributed by atoms with Crippen LogP contribution in [0.3, 0.4) is 0 Å². The van der Waals surface area contributed by atoms with Crippen LogP contribution in [0.1, 0.15) is 53.7 Å². The van der Waals surface area contributed by atoms with Gasteiger partial charge in [0.1, 0.15) is 11.9 Å². The molecule has 1 aromatic carbocycles. The molecule has 0 saturated carbocycles. The number of carbonyl (C=O) groups excluding carboxylic acids is 1. The lowest BCUT2D eigenvalue weighted by Gasteiger charge is -2.21. The van der Waals surface area contributed by atoms with Gasteiger partial charge in [0.05, 0.1) is 17.0 Å². The Labute approximate surface area is 142 Å². The Morgan fingerprint density at radius 1 is 1.25 bits per heavy atom. The summed E-state index contributed by atoms with van der Waals surface area (Å²) in [6.45, 7) is 8.11. The van der Waals surface area contributed by atoms with Gasteiger partial charge in [0, 0.05) is 6.54 Å². The Morgan fingerprint density at radius 3 is 2.58 bits per heavy atom. The van der Waals surface area contributed by atoms with Gasteiger partial charge in [-0.3, -0.25) is 4.79 Å². The summed E-state index contributed by atoms with van der Waals surface area (Å²) in [4.78, 5) is 20.9. The summed E-state index contributed by atoms with van der Waals surface area (Å²) >= 11 is 0. The topological polar surface area (TPSA) is 90.1 Å². The summed E-state index contributed by atoms with van der Waals surface area (Å²) in [6.07, 6.45) is 0.268. The maximum Gasteiger partial charge on any atom is 0.255 e. The van der Waals surface area contributed by atoms with E-state index in [0.29, 0.717) is 29.9 Å². The van der Waals surface area contributed by atoms with E-state index in [1.807, 2.05) is 45.0 Å². The number of nitrogens with one attached hydrogen (secondary N) is 1. The first-order valence-corrected chi connectivity index (χ1v) is 8.12. The van der Waals surface area contributed by atoms with Crippen LogP contribution in [0.15, 0.2) is 24.3 Å². The number of aryl methyl sites for hydroxylation is 2. The van der Waals surface area contributed by atoms with Crippen LogP contribution >= 0.6 is 0 Å². The van der Waals surface area contributed by atoms with Crippen molar-refractivity contribution in [2.75, 3.05) is 12.3 Å². The molecule has 1 heterocycles. The fraction of sp³-hybridized carbons (Fsp3) is 0.389. The highest BCUT2D eigenvalue weighted by Gasteiger charge is 2.25. The van der Waals surface area contributed by atoms with Crippen LogP contribution in [-0.2, 0) is 0 Å². The van der Waals surface area contributed by atoms with Crippen molar-refractivity contribution in [3.63, 3.8) is 0 Å². The van der Waals surface area contributed by atoms with Gasteiger partial charge < -0.3 is 15.8 Å². The van der Waals surface area contributed by atoms with E-state index in [9.17, 15) is 4.79 Å². The molecule has 0 fully saturated rings. The summed E-state index contributed by atoms with van der Waals surface area (Å²) in [5.41, 5.74) is 8.34. The average Bonchev–Trinajstić information content (AvgIpc) is 2.53. The molecule has 1 amide bonds. The molecule has 3 N–H and O–H groups in total. The Kier molecular flexibility index (Phi) is 5.73. The molecule has 128 valence electrons. The van der Waals surface area contributed by atoms with Gasteiger partial charge in [-0.05, 0) is 38.8 Å². The Morgan fingerprint density at radius 2 is 1.96 bits per heavy atom. The predicted molar refractivity (Wildman–Crippen MR) is 94.0 cm³/mol. The second kappa shape index (κ2) is 7.77. The molecule has 1 aromatic heterocycles. The number of ether oxygens (including phenoxy) is 1. The summed E-state index contributed by atoms with van der Waals surface area (Å²) in [5, 5.41) is 2.80. The lowest BCUT2D eigenvalue weighted by atomic mass is 10.0. The van der Waals surface area contributed by atoms with Crippen molar-refractivity contribution in [1.82, 2.24) is 15.3 Å². The van der Waals surface area contributed by atoms with Crippen molar-refractivity contribution in [1.29, 1.82) is 0 Å². The fourth-order valence-corrected chi connectivity index (χ4v) is 2.55. The third-order valence-corrected chi connectivity index (χ3v) is 3.74. The zero-order chi connectivity index (χ0) is 17.7. The van der Waals surface area contributed by atoms with E-state index >= 15 is 0 Å². The van der Waals surface area contributed by atoms with E-state index < -0.39 is 0 Å². The normalized spacial score (nSPS) is 11.8. The van der Waals surface area contributed by atoms with Crippen molar-refractivity contribution in [3.05, 3.63) is 46.8 Å². The van der Waals surface area contributed by atoms with E-state index in [0.717, 1.165) is 11.3 Å². The molecular formula is C18H24N4O2. The van der Waals surface area contributed by atoms with Crippen LogP contribution in [0.4, 0.5) is 5.95 Å². The van der Waals surface area contributed by atoms with Gasteiger partial charge in [0.2, 0.25) is 5.95 Å². The van der Waals surface area contributed by atoms with Gasteiger partial charge in [-0.15, -0.1) is 0 Å². The number of anilines is 1. The molecule has 24 heavy (non-hydrogen) atoms. The van der Waals surface area contributed by atoms with Gasteiger partial charge in [-0.25, -0.2) is 9.97 Å². The minimum absolute atomic E-state index is 0.141. The highest BCUT2D eigenvalue weighted by molar-refractivity contribution is 5.96. The largest absolute Gasteiger partial charge is 0.484 e. The van der Waals surface area contributed by atoms with Crippen LogP contribution in [0, 0.1) is 13.8 Å². The van der Waals surface area contributed by atoms with Crippen LogP contribution in [-0.4, -0.2) is 22.4 Å².